The third-order valence-electron chi connectivity index (χ3n) is 4.00. The number of benzene rings is 1. The van der Waals surface area contributed by atoms with Crippen LogP contribution < -0.4 is 5.32 Å². The van der Waals surface area contributed by atoms with E-state index in [1.807, 2.05) is 0 Å². The van der Waals surface area contributed by atoms with Crippen molar-refractivity contribution in [2.75, 3.05) is 0 Å². The Morgan fingerprint density at radius 2 is 1.64 bits per heavy atom. The fourth-order valence-electron chi connectivity index (χ4n) is 2.91. The second-order valence-corrected chi connectivity index (χ2v) is 5.45. The van der Waals surface area contributed by atoms with Gasteiger partial charge >= 0.3 is 0 Å². The predicted octanol–water partition coefficient (Wildman–Crippen LogP) is 3.97. The highest BCUT2D eigenvalue weighted by Gasteiger charge is 2.30. The van der Waals surface area contributed by atoms with E-state index in [1.54, 1.807) is 0 Å². The van der Waals surface area contributed by atoms with Gasteiger partial charge in [-0.25, -0.2) is 13.2 Å². The lowest BCUT2D eigenvalue weighted by Crippen LogP contribution is -2.32. The van der Waals surface area contributed by atoms with E-state index in [0.717, 1.165) is 25.7 Å². The minimum atomic E-state index is -1.96. The summed E-state index contributed by atoms with van der Waals surface area (Å²) in [6.45, 7) is 1.32. The molecule has 0 atom stereocenters. The topological polar surface area (TPSA) is 42.2 Å². The Balaban J connectivity index is 2.13. The van der Waals surface area contributed by atoms with Crippen LogP contribution in [0.4, 0.5) is 17.6 Å². The first kappa shape index (κ1) is 14.9. The number of halogens is 4. The molecule has 0 aliphatic heterocycles. The maximum Gasteiger partial charge on any atom is 0.255 e. The van der Waals surface area contributed by atoms with Crippen molar-refractivity contribution < 1.29 is 26.8 Å². The number of aryl methyl sites for hydroxylation is 1. The van der Waals surface area contributed by atoms with Gasteiger partial charge in [-0.05, 0) is 19.8 Å². The van der Waals surface area contributed by atoms with Gasteiger partial charge in [0.2, 0.25) is 11.6 Å². The highest BCUT2D eigenvalue weighted by Crippen LogP contribution is 2.33. The van der Waals surface area contributed by atoms with Gasteiger partial charge in [-0.3, -0.25) is 4.79 Å². The molecule has 0 radical (unpaired) electrons. The lowest BCUT2D eigenvalue weighted by molar-refractivity contribution is 0.0937. The molecule has 3 rings (SSSR count). The fourth-order valence-corrected chi connectivity index (χ4v) is 2.91. The quantitative estimate of drug-likeness (QED) is 0.517. The van der Waals surface area contributed by atoms with Crippen molar-refractivity contribution in [3.05, 3.63) is 34.6 Å². The average Bonchev–Trinajstić information content (AvgIpc) is 3.10. The maximum atomic E-state index is 14.0. The van der Waals surface area contributed by atoms with Gasteiger partial charge in [0.25, 0.3) is 5.91 Å². The molecule has 2 aromatic rings. The van der Waals surface area contributed by atoms with Gasteiger partial charge < -0.3 is 9.73 Å². The zero-order chi connectivity index (χ0) is 16.0. The van der Waals surface area contributed by atoms with E-state index in [4.69, 9.17) is 4.42 Å². The number of rotatable bonds is 2. The summed E-state index contributed by atoms with van der Waals surface area (Å²) in [4.78, 5) is 12.3. The minimum Gasteiger partial charge on any atom is -0.457 e. The van der Waals surface area contributed by atoms with Crippen molar-refractivity contribution >= 4 is 16.9 Å². The summed E-state index contributed by atoms with van der Waals surface area (Å²) in [7, 11) is 0. The van der Waals surface area contributed by atoms with Gasteiger partial charge in [0.05, 0.1) is 10.9 Å². The largest absolute Gasteiger partial charge is 0.457 e. The molecule has 1 amide bonds. The number of amides is 1. The van der Waals surface area contributed by atoms with Gasteiger partial charge in [-0.15, -0.1) is 0 Å². The summed E-state index contributed by atoms with van der Waals surface area (Å²) in [6, 6.07) is -0.0601. The van der Waals surface area contributed by atoms with Crippen molar-refractivity contribution in [2.24, 2.45) is 0 Å². The van der Waals surface area contributed by atoms with E-state index in [2.05, 4.69) is 5.32 Å². The molecule has 1 N–H and O–H groups in total. The summed E-state index contributed by atoms with van der Waals surface area (Å²) in [5.74, 6) is -7.94. The number of hydrogen-bond donors (Lipinski definition) is 1. The fraction of sp³-hybridized carbons (Fsp3) is 0.400. The summed E-state index contributed by atoms with van der Waals surface area (Å²) < 4.78 is 59.3. The van der Waals surface area contributed by atoms with Gasteiger partial charge in [0.15, 0.2) is 17.2 Å². The zero-order valence-electron chi connectivity index (χ0n) is 11.7. The van der Waals surface area contributed by atoms with Crippen molar-refractivity contribution in [1.29, 1.82) is 0 Å². The first-order chi connectivity index (χ1) is 10.4. The third kappa shape index (κ3) is 2.15. The van der Waals surface area contributed by atoms with Crippen LogP contribution in [-0.2, 0) is 0 Å². The third-order valence-corrected chi connectivity index (χ3v) is 4.00. The average molecular weight is 315 g/mol. The lowest BCUT2D eigenvalue weighted by atomic mass is 10.1. The van der Waals surface area contributed by atoms with Crippen molar-refractivity contribution in [3.63, 3.8) is 0 Å². The van der Waals surface area contributed by atoms with E-state index in [-0.39, 0.29) is 17.4 Å². The van der Waals surface area contributed by atoms with Gasteiger partial charge in [-0.2, -0.15) is 4.39 Å². The summed E-state index contributed by atoms with van der Waals surface area (Å²) >= 11 is 0. The van der Waals surface area contributed by atoms with E-state index in [0.29, 0.717) is 0 Å². The maximum absolute atomic E-state index is 14.0. The zero-order valence-corrected chi connectivity index (χ0v) is 11.7. The summed E-state index contributed by atoms with van der Waals surface area (Å²) in [5.41, 5.74) is -1.08. The van der Waals surface area contributed by atoms with Gasteiger partial charge in [-0.1, -0.05) is 12.8 Å². The molecule has 0 unspecified atom stereocenters. The number of hydrogen-bond acceptors (Lipinski definition) is 2. The molecular formula is C15H13F4NO2. The Labute approximate surface area is 123 Å². The van der Waals surface area contributed by atoms with Gasteiger partial charge in [0, 0.05) is 6.04 Å². The molecule has 0 saturated heterocycles. The Morgan fingerprint density at radius 1 is 1.05 bits per heavy atom. The molecule has 1 fully saturated rings. The van der Waals surface area contributed by atoms with Crippen LogP contribution in [0.25, 0.3) is 11.0 Å². The Hall–Kier alpha value is -2.05. The van der Waals surface area contributed by atoms with Crippen LogP contribution in [0, 0.1) is 30.2 Å². The number of furan rings is 1. The Kier molecular flexibility index (Phi) is 3.58. The molecule has 1 aromatic carbocycles. The van der Waals surface area contributed by atoms with Crippen LogP contribution >= 0.6 is 0 Å². The monoisotopic (exact) mass is 315 g/mol. The van der Waals surface area contributed by atoms with Crippen molar-refractivity contribution in [1.82, 2.24) is 5.32 Å². The first-order valence-corrected chi connectivity index (χ1v) is 6.97. The summed E-state index contributed by atoms with van der Waals surface area (Å²) in [6.07, 6.45) is 3.53. The van der Waals surface area contributed by atoms with Crippen LogP contribution in [-0.4, -0.2) is 11.9 Å². The number of fused-ring (bicyclic) bond motifs is 1. The molecule has 1 heterocycles. The smallest absolute Gasteiger partial charge is 0.255 e. The molecule has 1 saturated carbocycles. The minimum absolute atomic E-state index is 0.0601. The van der Waals surface area contributed by atoms with E-state index >= 15 is 0 Å². The Morgan fingerprint density at radius 3 is 2.27 bits per heavy atom. The molecule has 1 aromatic heterocycles. The number of nitrogens with one attached hydrogen (secondary N) is 1. The summed E-state index contributed by atoms with van der Waals surface area (Å²) in [5, 5.41) is 2.03. The molecule has 1 aliphatic rings. The first-order valence-electron chi connectivity index (χ1n) is 6.97. The molecular weight excluding hydrogens is 302 g/mol. The van der Waals surface area contributed by atoms with Crippen LogP contribution in [0.2, 0.25) is 0 Å². The molecule has 22 heavy (non-hydrogen) atoms. The SMILES string of the molecule is Cc1oc2c(F)c(F)c(F)c(F)c2c1C(=O)NC1CCCC1. The second kappa shape index (κ2) is 5.30. The highest BCUT2D eigenvalue weighted by atomic mass is 19.2. The molecule has 3 nitrogen and oxygen atoms in total. The van der Waals surface area contributed by atoms with Crippen LogP contribution in [0.3, 0.4) is 0 Å². The molecule has 0 spiro atoms. The highest BCUT2D eigenvalue weighted by molar-refractivity contribution is 6.07. The molecule has 0 bridgehead atoms. The van der Waals surface area contributed by atoms with E-state index < -0.39 is 40.1 Å². The molecule has 7 heteroatoms. The van der Waals surface area contributed by atoms with Gasteiger partial charge in [0.1, 0.15) is 5.76 Å². The molecule has 1 aliphatic carbocycles. The second-order valence-electron chi connectivity index (χ2n) is 5.45. The number of carbonyl (C=O) groups is 1. The predicted molar refractivity (Wildman–Crippen MR) is 70.5 cm³/mol. The normalized spacial score (nSPS) is 15.7. The van der Waals surface area contributed by atoms with Crippen LogP contribution in [0.1, 0.15) is 41.8 Å². The van der Waals surface area contributed by atoms with Crippen molar-refractivity contribution in [2.45, 2.75) is 38.6 Å². The van der Waals surface area contributed by atoms with E-state index in [1.165, 1.54) is 6.92 Å². The molecule has 118 valence electrons. The van der Waals surface area contributed by atoms with Crippen LogP contribution in [0.15, 0.2) is 4.42 Å². The van der Waals surface area contributed by atoms with Crippen LogP contribution in [0.5, 0.6) is 0 Å². The van der Waals surface area contributed by atoms with Crippen molar-refractivity contribution in [3.8, 4) is 0 Å². The standard InChI is InChI=1S/C15H13F4NO2/c1-6-8(15(21)20-7-4-2-3-5-7)9-10(16)11(17)12(18)13(19)14(9)22-6/h7H,2-5H2,1H3,(H,20,21). The number of carbonyl (C=O) groups excluding carboxylic acids is 1. The Bertz CT molecular complexity index is 763. The lowest BCUT2D eigenvalue weighted by Gasteiger charge is -2.11. The van der Waals surface area contributed by atoms with E-state index in [9.17, 15) is 22.4 Å².